The van der Waals surface area contributed by atoms with E-state index < -0.39 is 0 Å². The van der Waals surface area contributed by atoms with Gasteiger partial charge in [-0.15, -0.1) is 0 Å². The van der Waals surface area contributed by atoms with Crippen LogP contribution in [-0.2, 0) is 4.74 Å². The van der Waals surface area contributed by atoms with Gasteiger partial charge in [-0.1, -0.05) is 19.1 Å². The molecule has 1 atom stereocenters. The van der Waals surface area contributed by atoms with Gasteiger partial charge in [0.25, 0.3) is 0 Å². The first-order valence-electron chi connectivity index (χ1n) is 6.44. The van der Waals surface area contributed by atoms with Crippen molar-refractivity contribution in [3.05, 3.63) is 30.1 Å². The van der Waals surface area contributed by atoms with Crippen molar-refractivity contribution in [3.63, 3.8) is 0 Å². The summed E-state index contributed by atoms with van der Waals surface area (Å²) in [5, 5.41) is 3.35. The molecule has 0 spiro atoms. The van der Waals surface area contributed by atoms with Crippen molar-refractivity contribution in [2.24, 2.45) is 0 Å². The van der Waals surface area contributed by atoms with E-state index in [1.54, 1.807) is 13.2 Å². The second-order valence-corrected chi connectivity index (χ2v) is 4.20. The topological polar surface area (TPSA) is 24.5 Å². The van der Waals surface area contributed by atoms with Gasteiger partial charge in [-0.3, -0.25) is 0 Å². The van der Waals surface area contributed by atoms with Crippen LogP contribution in [0.2, 0.25) is 0 Å². The van der Waals surface area contributed by atoms with E-state index in [0.29, 0.717) is 12.3 Å². The number of hydrogen-bond donors (Lipinski definition) is 1. The molecule has 0 amide bonds. The molecule has 1 aromatic rings. The summed E-state index contributed by atoms with van der Waals surface area (Å²) in [5.74, 6) is -0.174. The number of methoxy groups -OCH3 is 1. The highest BCUT2D eigenvalue weighted by Crippen LogP contribution is 2.18. The lowest BCUT2D eigenvalue weighted by Crippen LogP contribution is -2.44. The standard InChI is InChI=1S/C14H23FN2O/c1-4-16-12(11-18-3)10-17(5-2)14-9-7-6-8-13(14)15/h6-9,12,16H,4-5,10-11H2,1-3H3. The molecule has 0 heterocycles. The Kier molecular flexibility index (Phi) is 6.68. The van der Waals surface area contributed by atoms with E-state index in [4.69, 9.17) is 4.74 Å². The molecular weight excluding hydrogens is 231 g/mol. The third-order valence-corrected chi connectivity index (χ3v) is 2.88. The maximum atomic E-state index is 13.8. The molecule has 0 saturated heterocycles. The highest BCUT2D eigenvalue weighted by molar-refractivity contribution is 5.47. The van der Waals surface area contributed by atoms with Crippen molar-refractivity contribution < 1.29 is 9.13 Å². The van der Waals surface area contributed by atoms with Crippen LogP contribution < -0.4 is 10.2 Å². The van der Waals surface area contributed by atoms with Crippen LogP contribution in [0.5, 0.6) is 0 Å². The molecule has 1 unspecified atom stereocenters. The summed E-state index contributed by atoms with van der Waals surface area (Å²) in [6.45, 7) is 7.09. The molecule has 1 aromatic carbocycles. The first kappa shape index (κ1) is 14.9. The third kappa shape index (κ3) is 4.27. The quantitative estimate of drug-likeness (QED) is 0.770. The van der Waals surface area contributed by atoms with E-state index in [9.17, 15) is 4.39 Å². The van der Waals surface area contributed by atoms with Gasteiger partial charge in [-0.25, -0.2) is 4.39 Å². The van der Waals surface area contributed by atoms with Crippen LogP contribution in [0.1, 0.15) is 13.8 Å². The number of nitrogens with zero attached hydrogens (tertiary/aromatic N) is 1. The summed E-state index contributed by atoms with van der Waals surface area (Å²) in [5.41, 5.74) is 0.652. The molecule has 1 rings (SSSR count). The Labute approximate surface area is 109 Å². The van der Waals surface area contributed by atoms with E-state index in [-0.39, 0.29) is 11.9 Å². The fraction of sp³-hybridized carbons (Fsp3) is 0.571. The molecule has 18 heavy (non-hydrogen) atoms. The predicted molar refractivity (Wildman–Crippen MR) is 73.6 cm³/mol. The van der Waals surface area contributed by atoms with E-state index in [1.807, 2.05) is 24.0 Å². The minimum Gasteiger partial charge on any atom is -0.383 e. The van der Waals surface area contributed by atoms with E-state index in [0.717, 1.165) is 19.6 Å². The Morgan fingerprint density at radius 3 is 2.61 bits per heavy atom. The van der Waals surface area contributed by atoms with Crippen LogP contribution in [0.15, 0.2) is 24.3 Å². The normalized spacial score (nSPS) is 12.4. The Balaban J connectivity index is 2.73. The number of benzene rings is 1. The smallest absolute Gasteiger partial charge is 0.146 e. The van der Waals surface area contributed by atoms with Crippen LogP contribution in [0, 0.1) is 5.82 Å². The van der Waals surface area contributed by atoms with Crippen molar-refractivity contribution in [1.82, 2.24) is 5.32 Å². The van der Waals surface area contributed by atoms with Crippen LogP contribution in [-0.4, -0.2) is 39.4 Å². The largest absolute Gasteiger partial charge is 0.383 e. The molecule has 0 aliphatic heterocycles. The Morgan fingerprint density at radius 2 is 2.06 bits per heavy atom. The predicted octanol–water partition coefficient (Wildman–Crippen LogP) is 2.28. The first-order chi connectivity index (χ1) is 8.72. The summed E-state index contributed by atoms with van der Waals surface area (Å²) < 4.78 is 18.9. The van der Waals surface area contributed by atoms with Gasteiger partial charge in [0.15, 0.2) is 0 Å². The molecule has 102 valence electrons. The van der Waals surface area contributed by atoms with Crippen molar-refractivity contribution in [1.29, 1.82) is 0 Å². The molecule has 3 nitrogen and oxygen atoms in total. The minimum absolute atomic E-state index is 0.174. The maximum absolute atomic E-state index is 13.8. The molecular formula is C14H23FN2O. The summed E-state index contributed by atoms with van der Waals surface area (Å²) in [4.78, 5) is 2.03. The van der Waals surface area contributed by atoms with Crippen molar-refractivity contribution in [2.45, 2.75) is 19.9 Å². The fourth-order valence-corrected chi connectivity index (χ4v) is 2.04. The first-order valence-corrected chi connectivity index (χ1v) is 6.44. The van der Waals surface area contributed by atoms with Crippen molar-refractivity contribution >= 4 is 5.69 Å². The number of rotatable bonds is 8. The van der Waals surface area contributed by atoms with Crippen LogP contribution in [0.4, 0.5) is 10.1 Å². The number of nitrogens with one attached hydrogen (secondary N) is 1. The number of anilines is 1. The molecule has 0 aliphatic carbocycles. The summed E-state index contributed by atoms with van der Waals surface area (Å²) in [6, 6.07) is 7.09. The van der Waals surface area contributed by atoms with E-state index in [1.165, 1.54) is 6.07 Å². The summed E-state index contributed by atoms with van der Waals surface area (Å²) in [6.07, 6.45) is 0. The van der Waals surface area contributed by atoms with Gasteiger partial charge in [-0.05, 0) is 25.6 Å². The van der Waals surface area contributed by atoms with Crippen LogP contribution in [0.25, 0.3) is 0 Å². The third-order valence-electron chi connectivity index (χ3n) is 2.88. The molecule has 0 bridgehead atoms. The fourth-order valence-electron chi connectivity index (χ4n) is 2.04. The minimum atomic E-state index is -0.174. The number of likely N-dealkylation sites (N-methyl/N-ethyl adjacent to an activating group) is 2. The number of halogens is 1. The van der Waals surface area contributed by atoms with Gasteiger partial charge >= 0.3 is 0 Å². The van der Waals surface area contributed by atoms with Crippen molar-refractivity contribution in [3.8, 4) is 0 Å². The molecule has 0 radical (unpaired) electrons. The van der Waals surface area contributed by atoms with Gasteiger partial charge in [0.05, 0.1) is 12.3 Å². The average molecular weight is 254 g/mol. The van der Waals surface area contributed by atoms with Crippen LogP contribution >= 0.6 is 0 Å². The van der Waals surface area contributed by atoms with Gasteiger partial charge in [0.1, 0.15) is 5.82 Å². The zero-order valence-electron chi connectivity index (χ0n) is 11.4. The summed E-state index contributed by atoms with van der Waals surface area (Å²) >= 11 is 0. The highest BCUT2D eigenvalue weighted by Gasteiger charge is 2.15. The molecule has 0 aliphatic rings. The van der Waals surface area contributed by atoms with Gasteiger partial charge in [0.2, 0.25) is 0 Å². The molecule has 0 saturated carbocycles. The molecule has 0 aromatic heterocycles. The van der Waals surface area contributed by atoms with Gasteiger partial charge < -0.3 is 15.0 Å². The number of para-hydroxylation sites is 1. The second-order valence-electron chi connectivity index (χ2n) is 4.20. The monoisotopic (exact) mass is 254 g/mol. The molecule has 4 heteroatoms. The SMILES string of the molecule is CCNC(COC)CN(CC)c1ccccc1F. The van der Waals surface area contributed by atoms with Crippen LogP contribution in [0.3, 0.4) is 0 Å². The lowest BCUT2D eigenvalue weighted by atomic mass is 10.2. The lowest BCUT2D eigenvalue weighted by Gasteiger charge is -2.28. The van der Waals surface area contributed by atoms with Gasteiger partial charge in [0, 0.05) is 26.2 Å². The second kappa shape index (κ2) is 8.06. The van der Waals surface area contributed by atoms with Gasteiger partial charge in [-0.2, -0.15) is 0 Å². The molecule has 0 fully saturated rings. The summed E-state index contributed by atoms with van der Waals surface area (Å²) in [7, 11) is 1.68. The number of hydrogen-bond acceptors (Lipinski definition) is 3. The Bertz CT molecular complexity index is 340. The zero-order chi connectivity index (χ0) is 13.4. The average Bonchev–Trinajstić information content (AvgIpc) is 2.37. The highest BCUT2D eigenvalue weighted by atomic mass is 19.1. The number of ether oxygens (including phenoxy) is 1. The van der Waals surface area contributed by atoms with E-state index in [2.05, 4.69) is 12.2 Å². The zero-order valence-corrected chi connectivity index (χ0v) is 11.4. The Hall–Kier alpha value is -1.13. The van der Waals surface area contributed by atoms with Crippen molar-refractivity contribution in [2.75, 3.05) is 38.3 Å². The lowest BCUT2D eigenvalue weighted by molar-refractivity contribution is 0.168. The van der Waals surface area contributed by atoms with E-state index >= 15 is 0 Å². The molecule has 1 N–H and O–H groups in total. The Morgan fingerprint density at radius 1 is 1.33 bits per heavy atom. The maximum Gasteiger partial charge on any atom is 0.146 e.